The number of fused-ring (bicyclic) bond motifs is 1. The molecule has 4 rings (SSSR count). The summed E-state index contributed by atoms with van der Waals surface area (Å²) in [5.74, 6) is 0.729. The number of aromatic nitrogens is 2. The number of likely N-dealkylation sites (tertiary alicyclic amines) is 1. The van der Waals surface area contributed by atoms with Crippen LogP contribution in [0.5, 0.6) is 5.75 Å². The average Bonchev–Trinajstić information content (AvgIpc) is 2.74. The number of nitrogens with zero attached hydrogens (tertiary/aromatic N) is 3. The van der Waals surface area contributed by atoms with Crippen LogP contribution in [0.2, 0.25) is 0 Å². The van der Waals surface area contributed by atoms with Gasteiger partial charge in [-0.2, -0.15) is 0 Å². The Bertz CT molecular complexity index is 1110. The lowest BCUT2D eigenvalue weighted by Gasteiger charge is -2.31. The molecule has 1 unspecified atom stereocenters. The maximum Gasteiger partial charge on any atom is 0.407 e. The molecule has 1 aliphatic rings. The molecule has 2 N–H and O–H groups in total. The van der Waals surface area contributed by atoms with E-state index in [1.807, 2.05) is 25.1 Å². The summed E-state index contributed by atoms with van der Waals surface area (Å²) in [6.07, 6.45) is 0.614. The number of rotatable bonds is 4. The number of nitrogens with one attached hydrogen (secondary N) is 1. The molecular weight excluding hydrogens is 387 g/mol. The van der Waals surface area contributed by atoms with Crippen molar-refractivity contribution in [2.24, 2.45) is 0 Å². The lowest BCUT2D eigenvalue weighted by atomic mass is 10.0. The van der Waals surface area contributed by atoms with Gasteiger partial charge in [0.25, 0.3) is 0 Å². The first-order valence-electron chi connectivity index (χ1n) is 9.81. The second kappa shape index (κ2) is 8.14. The maximum absolute atomic E-state index is 14.1. The Morgan fingerprint density at radius 2 is 2.07 bits per heavy atom. The largest absolute Gasteiger partial charge is 0.496 e. The first-order valence-corrected chi connectivity index (χ1v) is 9.81. The number of anilines is 1. The molecule has 1 fully saturated rings. The molecule has 7 nitrogen and oxygen atoms in total. The van der Waals surface area contributed by atoms with Gasteiger partial charge in [0.2, 0.25) is 0 Å². The number of carboxylic acid groups (broad SMARTS) is 1. The predicted octanol–water partition coefficient (Wildman–Crippen LogP) is 4.31. The lowest BCUT2D eigenvalue weighted by molar-refractivity contribution is 0.133. The van der Waals surface area contributed by atoms with Gasteiger partial charge < -0.3 is 20.1 Å². The molecule has 1 atom stereocenters. The van der Waals surface area contributed by atoms with E-state index in [1.54, 1.807) is 13.2 Å². The molecule has 1 aliphatic heterocycles. The normalized spacial score (nSPS) is 16.5. The van der Waals surface area contributed by atoms with E-state index in [1.165, 1.54) is 17.0 Å². The van der Waals surface area contributed by atoms with Crippen LogP contribution in [0.25, 0.3) is 22.0 Å². The Morgan fingerprint density at radius 3 is 2.83 bits per heavy atom. The second-order valence-electron chi connectivity index (χ2n) is 7.50. The fraction of sp³-hybridized carbons (Fsp3) is 0.318. The Kier molecular flexibility index (Phi) is 5.39. The smallest absolute Gasteiger partial charge is 0.407 e. The molecule has 0 aliphatic carbocycles. The van der Waals surface area contributed by atoms with E-state index >= 15 is 0 Å². The van der Waals surface area contributed by atoms with Crippen LogP contribution in [-0.4, -0.2) is 52.5 Å². The SMILES string of the molecule is COc1cc(C)ccc1-c1nnc(NC2CCCN(C(=O)O)C2)c2cc(F)ccc12. The highest BCUT2D eigenvalue weighted by Gasteiger charge is 2.24. The van der Waals surface area contributed by atoms with Gasteiger partial charge in [-0.3, -0.25) is 0 Å². The van der Waals surface area contributed by atoms with Gasteiger partial charge in [-0.25, -0.2) is 9.18 Å². The zero-order valence-corrected chi connectivity index (χ0v) is 16.9. The van der Waals surface area contributed by atoms with Crippen LogP contribution in [0.3, 0.4) is 0 Å². The van der Waals surface area contributed by atoms with Crippen LogP contribution >= 0.6 is 0 Å². The quantitative estimate of drug-likeness (QED) is 0.667. The highest BCUT2D eigenvalue weighted by atomic mass is 19.1. The zero-order valence-electron chi connectivity index (χ0n) is 16.9. The van der Waals surface area contributed by atoms with E-state index in [9.17, 15) is 14.3 Å². The number of piperidine rings is 1. The highest BCUT2D eigenvalue weighted by molar-refractivity contribution is 6.01. The Balaban J connectivity index is 1.76. The van der Waals surface area contributed by atoms with Crippen molar-refractivity contribution in [1.29, 1.82) is 0 Å². The number of methoxy groups -OCH3 is 1. The molecular formula is C22H23FN4O3. The number of benzene rings is 2. The van der Waals surface area contributed by atoms with Gasteiger partial charge in [0.1, 0.15) is 17.3 Å². The fourth-order valence-corrected chi connectivity index (χ4v) is 3.89. The van der Waals surface area contributed by atoms with Gasteiger partial charge >= 0.3 is 6.09 Å². The summed E-state index contributed by atoms with van der Waals surface area (Å²) in [6.45, 7) is 2.84. The molecule has 1 amide bonds. The second-order valence-corrected chi connectivity index (χ2v) is 7.50. The van der Waals surface area contributed by atoms with Crippen molar-refractivity contribution in [3.8, 4) is 17.0 Å². The predicted molar refractivity (Wildman–Crippen MR) is 112 cm³/mol. The van der Waals surface area contributed by atoms with Crippen LogP contribution in [-0.2, 0) is 0 Å². The minimum absolute atomic E-state index is 0.115. The van der Waals surface area contributed by atoms with Crippen LogP contribution in [0.1, 0.15) is 18.4 Å². The molecule has 156 valence electrons. The van der Waals surface area contributed by atoms with Gasteiger partial charge in [0.05, 0.1) is 7.11 Å². The van der Waals surface area contributed by atoms with E-state index in [2.05, 4.69) is 15.5 Å². The Morgan fingerprint density at radius 1 is 1.23 bits per heavy atom. The Hall–Kier alpha value is -3.42. The van der Waals surface area contributed by atoms with Gasteiger partial charge in [-0.05, 0) is 55.7 Å². The third-order valence-corrected chi connectivity index (χ3v) is 5.39. The molecule has 3 aromatic rings. The fourth-order valence-electron chi connectivity index (χ4n) is 3.89. The molecule has 0 radical (unpaired) electrons. The van der Waals surface area contributed by atoms with E-state index in [4.69, 9.17) is 4.74 Å². The van der Waals surface area contributed by atoms with E-state index < -0.39 is 6.09 Å². The summed E-state index contributed by atoms with van der Waals surface area (Å²) in [4.78, 5) is 12.7. The van der Waals surface area contributed by atoms with E-state index in [0.717, 1.165) is 29.4 Å². The Labute approximate surface area is 173 Å². The first kappa shape index (κ1) is 19.9. The van der Waals surface area contributed by atoms with Crippen molar-refractivity contribution in [3.05, 3.63) is 47.8 Å². The van der Waals surface area contributed by atoms with Crippen molar-refractivity contribution >= 4 is 22.7 Å². The van der Waals surface area contributed by atoms with Gasteiger partial charge in [-0.1, -0.05) is 6.07 Å². The summed E-state index contributed by atoms with van der Waals surface area (Å²) in [5, 5.41) is 22.6. The molecule has 0 saturated carbocycles. The molecule has 1 aromatic heterocycles. The van der Waals surface area contributed by atoms with Crippen LogP contribution in [0.4, 0.5) is 15.0 Å². The van der Waals surface area contributed by atoms with Crippen LogP contribution in [0.15, 0.2) is 36.4 Å². The number of aryl methyl sites for hydroxylation is 1. The molecule has 0 spiro atoms. The van der Waals surface area contributed by atoms with Crippen LogP contribution < -0.4 is 10.1 Å². The minimum atomic E-state index is -0.940. The molecule has 2 aromatic carbocycles. The van der Waals surface area contributed by atoms with Crippen molar-refractivity contribution in [3.63, 3.8) is 0 Å². The van der Waals surface area contributed by atoms with Gasteiger partial charge in [0.15, 0.2) is 5.82 Å². The molecule has 8 heteroatoms. The zero-order chi connectivity index (χ0) is 21.3. The van der Waals surface area contributed by atoms with Gasteiger partial charge in [-0.15, -0.1) is 10.2 Å². The molecule has 1 saturated heterocycles. The standard InChI is InChI=1S/C22H23FN4O3/c1-13-5-7-17(19(10-13)30-2)20-16-8-6-14(23)11-18(16)21(26-25-20)24-15-4-3-9-27(12-15)22(28)29/h5-8,10-11,15H,3-4,9,12H2,1-2H3,(H,24,26)(H,28,29). The van der Waals surface area contributed by atoms with Crippen LogP contribution in [0, 0.1) is 12.7 Å². The number of halogens is 1. The van der Waals surface area contributed by atoms with Crippen molar-refractivity contribution in [2.75, 3.05) is 25.5 Å². The maximum atomic E-state index is 14.1. The summed E-state index contributed by atoms with van der Waals surface area (Å²) in [7, 11) is 1.60. The minimum Gasteiger partial charge on any atom is -0.496 e. The molecule has 2 heterocycles. The number of hydrogen-bond donors (Lipinski definition) is 2. The number of carbonyl (C=O) groups is 1. The van der Waals surface area contributed by atoms with Crippen molar-refractivity contribution in [2.45, 2.75) is 25.8 Å². The number of ether oxygens (including phenoxy) is 1. The third kappa shape index (κ3) is 3.85. The lowest BCUT2D eigenvalue weighted by Crippen LogP contribution is -2.44. The highest BCUT2D eigenvalue weighted by Crippen LogP contribution is 2.36. The van der Waals surface area contributed by atoms with E-state index in [-0.39, 0.29) is 11.9 Å². The summed E-state index contributed by atoms with van der Waals surface area (Å²) >= 11 is 0. The van der Waals surface area contributed by atoms with Gasteiger partial charge in [0, 0.05) is 35.5 Å². The van der Waals surface area contributed by atoms with Crippen molar-refractivity contribution < 1.29 is 19.0 Å². The summed E-state index contributed by atoms with van der Waals surface area (Å²) < 4.78 is 19.6. The first-order chi connectivity index (χ1) is 14.5. The van der Waals surface area contributed by atoms with E-state index in [0.29, 0.717) is 35.7 Å². The molecule has 0 bridgehead atoms. The summed E-state index contributed by atoms with van der Waals surface area (Å²) in [6, 6.07) is 10.2. The monoisotopic (exact) mass is 410 g/mol. The number of hydrogen-bond acceptors (Lipinski definition) is 5. The topological polar surface area (TPSA) is 87.6 Å². The molecule has 30 heavy (non-hydrogen) atoms. The third-order valence-electron chi connectivity index (χ3n) is 5.39. The average molecular weight is 410 g/mol. The summed E-state index contributed by atoms with van der Waals surface area (Å²) in [5.41, 5.74) is 2.43. The number of amides is 1. The van der Waals surface area contributed by atoms with Crippen molar-refractivity contribution in [1.82, 2.24) is 15.1 Å².